The van der Waals surface area contributed by atoms with Crippen molar-refractivity contribution in [3.8, 4) is 0 Å². The lowest BCUT2D eigenvalue weighted by Gasteiger charge is -2.16. The van der Waals surface area contributed by atoms with Crippen LogP contribution in [0.15, 0.2) is 5.11 Å². The molecular weight excluding hydrogens is 452 g/mol. The van der Waals surface area contributed by atoms with E-state index < -0.39 is 0 Å². The van der Waals surface area contributed by atoms with Crippen molar-refractivity contribution in [3.63, 3.8) is 0 Å². The Morgan fingerprint density at radius 1 is 1.03 bits per heavy atom. The zero-order valence-electron chi connectivity index (χ0n) is 19.0. The van der Waals surface area contributed by atoms with Crippen LogP contribution in [0.1, 0.15) is 25.7 Å². The molecule has 3 atom stereocenters. The molecule has 0 aromatic carbocycles. The van der Waals surface area contributed by atoms with E-state index in [1.54, 1.807) is 0 Å². The smallest absolute Gasteiger partial charge is 0.315 e. The minimum atomic E-state index is -0.0594. The molecule has 2 fully saturated rings. The number of unbranched alkanes of at least 4 members (excludes halogenated alkanes) is 1. The molecule has 0 saturated carbocycles. The molecule has 2 heterocycles. The van der Waals surface area contributed by atoms with Gasteiger partial charge in [0, 0.05) is 35.4 Å². The number of carbonyl (C=O) groups is 2. The number of carbonyl (C=O) groups excluding carboxylic acids is 2. The molecule has 0 bridgehead atoms. The molecular formula is C20H36N6O6S. The molecule has 188 valence electrons. The maximum Gasteiger partial charge on any atom is 0.315 e. The summed E-state index contributed by atoms with van der Waals surface area (Å²) in [7, 11) is 0. The molecule has 3 amide bonds. The van der Waals surface area contributed by atoms with E-state index in [1.807, 2.05) is 11.8 Å². The van der Waals surface area contributed by atoms with Crippen LogP contribution in [-0.4, -0.2) is 101 Å². The first-order valence-electron chi connectivity index (χ1n) is 11.5. The number of azide groups is 1. The van der Waals surface area contributed by atoms with E-state index in [0.29, 0.717) is 77.6 Å². The minimum Gasteiger partial charge on any atom is -0.379 e. The van der Waals surface area contributed by atoms with Crippen molar-refractivity contribution in [1.29, 1.82) is 0 Å². The van der Waals surface area contributed by atoms with Gasteiger partial charge in [-0.3, -0.25) is 4.79 Å². The first-order chi connectivity index (χ1) is 16.2. The predicted molar refractivity (Wildman–Crippen MR) is 124 cm³/mol. The topological polar surface area (TPSA) is 156 Å². The molecule has 0 radical (unpaired) electrons. The van der Waals surface area contributed by atoms with Gasteiger partial charge in [0.1, 0.15) is 0 Å². The number of ether oxygens (including phenoxy) is 4. The zero-order chi connectivity index (χ0) is 23.6. The summed E-state index contributed by atoms with van der Waals surface area (Å²) >= 11 is 1.90. The van der Waals surface area contributed by atoms with Crippen molar-refractivity contribution in [2.24, 2.45) is 5.11 Å². The average molecular weight is 489 g/mol. The summed E-state index contributed by atoms with van der Waals surface area (Å²) in [5, 5.41) is 12.6. The van der Waals surface area contributed by atoms with Crippen LogP contribution < -0.4 is 16.0 Å². The van der Waals surface area contributed by atoms with Gasteiger partial charge >= 0.3 is 6.03 Å². The molecule has 2 aliphatic rings. The summed E-state index contributed by atoms with van der Waals surface area (Å²) in [6, 6.07) is 0.422. The summed E-state index contributed by atoms with van der Waals surface area (Å²) in [5.74, 6) is 1.01. The maximum atomic E-state index is 11.9. The molecule has 0 spiro atoms. The van der Waals surface area contributed by atoms with E-state index in [-0.39, 0.29) is 24.0 Å². The van der Waals surface area contributed by atoms with Crippen LogP contribution in [0.3, 0.4) is 0 Å². The second kappa shape index (κ2) is 17.7. The summed E-state index contributed by atoms with van der Waals surface area (Å²) in [4.78, 5) is 25.9. The summed E-state index contributed by atoms with van der Waals surface area (Å²) < 4.78 is 21.4. The third-order valence-electron chi connectivity index (χ3n) is 5.16. The fraction of sp³-hybridized carbons (Fsp3) is 0.900. The highest BCUT2D eigenvalue weighted by atomic mass is 32.2. The van der Waals surface area contributed by atoms with Crippen LogP contribution in [0, 0.1) is 0 Å². The molecule has 33 heavy (non-hydrogen) atoms. The van der Waals surface area contributed by atoms with Gasteiger partial charge in [-0.1, -0.05) is 11.5 Å². The van der Waals surface area contributed by atoms with E-state index in [1.165, 1.54) is 0 Å². The van der Waals surface area contributed by atoms with E-state index in [0.717, 1.165) is 25.0 Å². The Morgan fingerprint density at radius 3 is 2.39 bits per heavy atom. The summed E-state index contributed by atoms with van der Waals surface area (Å²) in [6.07, 6.45) is 3.35. The Labute approximate surface area is 198 Å². The Morgan fingerprint density at radius 2 is 1.70 bits per heavy atom. The number of nitrogens with one attached hydrogen (secondary N) is 3. The number of hydrogen-bond acceptors (Lipinski definition) is 8. The van der Waals surface area contributed by atoms with Gasteiger partial charge in [0.25, 0.3) is 0 Å². The van der Waals surface area contributed by atoms with Gasteiger partial charge in [-0.15, -0.1) is 0 Å². The first kappa shape index (κ1) is 27.5. The molecule has 2 saturated heterocycles. The quantitative estimate of drug-likeness (QED) is 0.0764. The van der Waals surface area contributed by atoms with E-state index in [4.69, 9.17) is 24.5 Å². The van der Waals surface area contributed by atoms with Crippen LogP contribution in [0.4, 0.5) is 4.79 Å². The van der Waals surface area contributed by atoms with Gasteiger partial charge in [-0.25, -0.2) is 4.79 Å². The second-order valence-corrected chi connectivity index (χ2v) is 8.89. The summed E-state index contributed by atoms with van der Waals surface area (Å²) in [5.41, 5.74) is 8.11. The zero-order valence-corrected chi connectivity index (χ0v) is 19.9. The van der Waals surface area contributed by atoms with E-state index in [9.17, 15) is 9.59 Å². The normalized spacial score (nSPS) is 21.2. The van der Waals surface area contributed by atoms with Crippen molar-refractivity contribution in [2.45, 2.75) is 43.0 Å². The Balaban J connectivity index is 1.28. The molecule has 0 aliphatic carbocycles. The molecule has 3 N–H and O–H groups in total. The lowest BCUT2D eigenvalue weighted by molar-refractivity contribution is -0.121. The predicted octanol–water partition coefficient (Wildman–Crippen LogP) is 1.21. The molecule has 2 rings (SSSR count). The van der Waals surface area contributed by atoms with E-state index in [2.05, 4.69) is 26.0 Å². The van der Waals surface area contributed by atoms with Gasteiger partial charge in [-0.05, 0) is 18.4 Å². The van der Waals surface area contributed by atoms with Crippen molar-refractivity contribution in [3.05, 3.63) is 10.4 Å². The van der Waals surface area contributed by atoms with Gasteiger partial charge < -0.3 is 34.9 Å². The van der Waals surface area contributed by atoms with Crippen molar-refractivity contribution >= 4 is 23.7 Å². The molecule has 0 unspecified atom stereocenters. The highest BCUT2D eigenvalue weighted by Gasteiger charge is 2.42. The highest BCUT2D eigenvalue weighted by molar-refractivity contribution is 8.00. The number of hydrogen-bond donors (Lipinski definition) is 3. The van der Waals surface area contributed by atoms with Crippen LogP contribution in [0.25, 0.3) is 10.4 Å². The number of amides is 3. The lowest BCUT2D eigenvalue weighted by Crippen LogP contribution is -2.36. The first-order valence-corrected chi connectivity index (χ1v) is 12.5. The SMILES string of the molecule is [N-]=[N+]=NCCOCCOCCOCCOCCNC(=O)CCCC[C@@H]1SC[C@H]2NC(=O)N[C@H]12. The van der Waals surface area contributed by atoms with Gasteiger partial charge in [0.05, 0.1) is 64.9 Å². The van der Waals surface area contributed by atoms with E-state index >= 15 is 0 Å². The number of urea groups is 1. The third-order valence-corrected chi connectivity index (χ3v) is 6.67. The number of thioether (sulfide) groups is 1. The fourth-order valence-corrected chi connectivity index (χ4v) is 5.08. The van der Waals surface area contributed by atoms with Crippen molar-refractivity contribution in [2.75, 3.05) is 71.7 Å². The van der Waals surface area contributed by atoms with Crippen LogP contribution in [0.5, 0.6) is 0 Å². The molecule has 13 heteroatoms. The van der Waals surface area contributed by atoms with Crippen LogP contribution >= 0.6 is 11.8 Å². The standard InChI is InChI=1S/C20H36N6O6S/c21-26-23-6-8-30-10-12-32-14-13-31-11-9-29-7-5-22-18(27)4-2-1-3-17-19-16(15-33-17)24-20(28)25-19/h16-17,19H,1-15H2,(H,22,27)(H2,24,25,28)/t16-,17+,19+/m1/s1. The van der Waals surface area contributed by atoms with Gasteiger partial charge in [0.15, 0.2) is 0 Å². The Kier molecular flexibility index (Phi) is 14.7. The van der Waals surface area contributed by atoms with Gasteiger partial charge in [-0.2, -0.15) is 11.8 Å². The van der Waals surface area contributed by atoms with Crippen LogP contribution in [0.2, 0.25) is 0 Å². The largest absolute Gasteiger partial charge is 0.379 e. The molecule has 0 aromatic rings. The fourth-order valence-electron chi connectivity index (χ4n) is 3.54. The Bertz CT molecular complexity index is 624. The highest BCUT2D eigenvalue weighted by Crippen LogP contribution is 2.33. The molecule has 2 aliphatic heterocycles. The monoisotopic (exact) mass is 488 g/mol. The molecule has 0 aromatic heterocycles. The Hall–Kier alpha value is -1.76. The average Bonchev–Trinajstić information content (AvgIpc) is 3.35. The number of fused-ring (bicyclic) bond motifs is 1. The lowest BCUT2D eigenvalue weighted by atomic mass is 10.0. The summed E-state index contributed by atoms with van der Waals surface area (Å²) in [6.45, 7) is 4.45. The number of rotatable bonds is 20. The van der Waals surface area contributed by atoms with Crippen molar-refractivity contribution < 1.29 is 28.5 Å². The van der Waals surface area contributed by atoms with Gasteiger partial charge in [0.2, 0.25) is 5.91 Å². The van der Waals surface area contributed by atoms with Crippen LogP contribution in [-0.2, 0) is 23.7 Å². The maximum absolute atomic E-state index is 11.9. The second-order valence-electron chi connectivity index (χ2n) is 7.62. The number of nitrogens with zero attached hydrogens (tertiary/aromatic N) is 3. The minimum absolute atomic E-state index is 0.0431. The van der Waals surface area contributed by atoms with Crippen molar-refractivity contribution in [1.82, 2.24) is 16.0 Å². The molecule has 12 nitrogen and oxygen atoms in total. The third kappa shape index (κ3) is 12.3.